The summed E-state index contributed by atoms with van der Waals surface area (Å²) in [6.45, 7) is 2.41. The molecule has 1 fully saturated rings. The van der Waals surface area contributed by atoms with E-state index in [0.29, 0.717) is 18.7 Å². The van der Waals surface area contributed by atoms with Crippen LogP contribution in [0.5, 0.6) is 5.75 Å². The third kappa shape index (κ3) is 4.14. The van der Waals surface area contributed by atoms with Gasteiger partial charge in [0.15, 0.2) is 0 Å². The molecule has 4 amide bonds. The zero-order valence-corrected chi connectivity index (χ0v) is 19.8. The Labute approximate surface area is 204 Å². The molecule has 35 heavy (non-hydrogen) atoms. The molecule has 0 aromatic heterocycles. The average Bonchev–Trinajstić information content (AvgIpc) is 3.12. The summed E-state index contributed by atoms with van der Waals surface area (Å²) in [5.41, 5.74) is 1.77. The van der Waals surface area contributed by atoms with E-state index in [-0.39, 0.29) is 12.5 Å². The standard InChI is InChI=1S/C28H27N3O4/c1-28(23-10-8-22-17-24(35-2)11-9-21(22)16-23)26(33)31(27(34)29-28)18-25(32)30-14-12-20(13-15-30)19-6-4-3-5-7-19/h3-12,16-17H,13-15,18H2,1-2H3,(H,29,34)/t28-/m1/s1. The van der Waals surface area contributed by atoms with Gasteiger partial charge in [-0.25, -0.2) is 4.79 Å². The maximum atomic E-state index is 13.4. The van der Waals surface area contributed by atoms with Crippen LogP contribution < -0.4 is 10.1 Å². The number of carbonyl (C=O) groups is 3. The van der Waals surface area contributed by atoms with Crippen molar-refractivity contribution in [2.75, 3.05) is 26.7 Å². The minimum absolute atomic E-state index is 0.244. The van der Waals surface area contributed by atoms with Gasteiger partial charge in [0.1, 0.15) is 17.8 Å². The average molecular weight is 470 g/mol. The van der Waals surface area contributed by atoms with Crippen LogP contribution >= 0.6 is 0 Å². The summed E-state index contributed by atoms with van der Waals surface area (Å²) in [4.78, 5) is 41.8. The monoisotopic (exact) mass is 469 g/mol. The molecule has 0 saturated carbocycles. The molecule has 0 unspecified atom stereocenters. The van der Waals surface area contributed by atoms with Gasteiger partial charge >= 0.3 is 6.03 Å². The van der Waals surface area contributed by atoms with E-state index in [9.17, 15) is 14.4 Å². The van der Waals surface area contributed by atoms with Gasteiger partial charge in [-0.05, 0) is 59.0 Å². The number of nitrogens with zero attached hydrogens (tertiary/aromatic N) is 2. The van der Waals surface area contributed by atoms with E-state index in [1.54, 1.807) is 18.9 Å². The van der Waals surface area contributed by atoms with E-state index in [2.05, 4.69) is 17.4 Å². The largest absolute Gasteiger partial charge is 0.497 e. The van der Waals surface area contributed by atoms with Gasteiger partial charge in [0.25, 0.3) is 5.91 Å². The Morgan fingerprint density at radius 3 is 2.49 bits per heavy atom. The lowest BCUT2D eigenvalue weighted by Crippen LogP contribution is -2.45. The number of carbonyl (C=O) groups excluding carboxylic acids is 3. The van der Waals surface area contributed by atoms with Crippen molar-refractivity contribution >= 4 is 34.2 Å². The molecule has 0 spiro atoms. The number of methoxy groups -OCH3 is 1. The first-order valence-corrected chi connectivity index (χ1v) is 11.6. The number of nitrogens with one attached hydrogen (secondary N) is 1. The first-order valence-electron chi connectivity index (χ1n) is 11.6. The van der Waals surface area contributed by atoms with E-state index in [0.717, 1.165) is 33.4 Å². The van der Waals surface area contributed by atoms with Crippen LogP contribution in [0, 0.1) is 0 Å². The number of ether oxygens (including phenoxy) is 1. The van der Waals surface area contributed by atoms with Crippen molar-refractivity contribution in [3.05, 3.63) is 83.9 Å². The zero-order chi connectivity index (χ0) is 24.6. The van der Waals surface area contributed by atoms with Gasteiger partial charge in [-0.1, -0.05) is 54.6 Å². The van der Waals surface area contributed by atoms with Gasteiger partial charge in [-0.2, -0.15) is 0 Å². The Morgan fingerprint density at radius 1 is 1.03 bits per heavy atom. The first-order chi connectivity index (χ1) is 16.9. The maximum absolute atomic E-state index is 13.4. The van der Waals surface area contributed by atoms with Crippen LogP contribution in [-0.4, -0.2) is 54.4 Å². The summed E-state index contributed by atoms with van der Waals surface area (Å²) >= 11 is 0. The van der Waals surface area contributed by atoms with Crippen molar-refractivity contribution in [1.82, 2.24) is 15.1 Å². The minimum Gasteiger partial charge on any atom is -0.497 e. The second kappa shape index (κ2) is 8.91. The highest BCUT2D eigenvalue weighted by Crippen LogP contribution is 2.32. The summed E-state index contributed by atoms with van der Waals surface area (Å²) in [6.07, 6.45) is 2.77. The molecule has 0 aliphatic carbocycles. The Morgan fingerprint density at radius 2 is 1.77 bits per heavy atom. The van der Waals surface area contributed by atoms with Gasteiger partial charge in [-0.15, -0.1) is 0 Å². The molecule has 3 aromatic carbocycles. The number of hydrogen-bond donors (Lipinski definition) is 1. The predicted molar refractivity (Wildman–Crippen MR) is 134 cm³/mol. The Hall–Kier alpha value is -4.13. The number of hydrogen-bond acceptors (Lipinski definition) is 4. The van der Waals surface area contributed by atoms with Gasteiger partial charge < -0.3 is 15.0 Å². The molecule has 2 aliphatic rings. The predicted octanol–water partition coefficient (Wildman–Crippen LogP) is 3.93. The van der Waals surface area contributed by atoms with E-state index in [4.69, 9.17) is 4.74 Å². The van der Waals surface area contributed by atoms with Crippen molar-refractivity contribution in [2.24, 2.45) is 0 Å². The van der Waals surface area contributed by atoms with E-state index in [1.165, 1.54) is 5.57 Å². The van der Waals surface area contributed by atoms with Gasteiger partial charge in [0, 0.05) is 13.1 Å². The molecule has 2 aliphatic heterocycles. The van der Waals surface area contributed by atoms with Crippen LogP contribution in [0.2, 0.25) is 0 Å². The molecule has 1 N–H and O–H groups in total. The summed E-state index contributed by atoms with van der Waals surface area (Å²) in [5, 5.41) is 4.69. The topological polar surface area (TPSA) is 79.0 Å². The van der Waals surface area contributed by atoms with Crippen LogP contribution in [0.3, 0.4) is 0 Å². The summed E-state index contributed by atoms with van der Waals surface area (Å²) < 4.78 is 5.28. The summed E-state index contributed by atoms with van der Waals surface area (Å²) in [6, 6.07) is 20.8. The summed E-state index contributed by atoms with van der Waals surface area (Å²) in [7, 11) is 1.61. The van der Waals surface area contributed by atoms with Gasteiger partial charge in [-0.3, -0.25) is 14.5 Å². The normalized spacial score (nSPS) is 20.1. The fraction of sp³-hybridized carbons (Fsp3) is 0.250. The number of urea groups is 1. The first kappa shape index (κ1) is 22.7. The van der Waals surface area contributed by atoms with Crippen LogP contribution in [0.4, 0.5) is 4.79 Å². The second-order valence-electron chi connectivity index (χ2n) is 9.06. The third-order valence-electron chi connectivity index (χ3n) is 6.90. The molecule has 7 nitrogen and oxygen atoms in total. The fourth-order valence-electron chi connectivity index (χ4n) is 4.74. The molecular weight excluding hydrogens is 442 g/mol. The van der Waals surface area contributed by atoms with Gasteiger partial charge in [0.2, 0.25) is 5.91 Å². The molecule has 5 rings (SSSR count). The SMILES string of the molecule is COc1ccc2cc([C@@]3(C)NC(=O)N(CC(=O)N4CC=C(c5ccccc5)CC4)C3=O)ccc2c1. The molecule has 0 radical (unpaired) electrons. The summed E-state index contributed by atoms with van der Waals surface area (Å²) in [5.74, 6) is 0.0720. The second-order valence-corrected chi connectivity index (χ2v) is 9.06. The highest BCUT2D eigenvalue weighted by Gasteiger charge is 2.49. The van der Waals surface area contributed by atoms with Crippen molar-refractivity contribution in [3.8, 4) is 5.75 Å². The van der Waals surface area contributed by atoms with Crippen molar-refractivity contribution in [2.45, 2.75) is 18.9 Å². The fourth-order valence-corrected chi connectivity index (χ4v) is 4.74. The number of benzene rings is 3. The minimum atomic E-state index is -1.24. The molecule has 178 valence electrons. The van der Waals surface area contributed by atoms with Crippen molar-refractivity contribution in [3.63, 3.8) is 0 Å². The highest BCUT2D eigenvalue weighted by atomic mass is 16.5. The van der Waals surface area contributed by atoms with Crippen LogP contribution in [-0.2, 0) is 15.1 Å². The zero-order valence-electron chi connectivity index (χ0n) is 19.8. The Bertz CT molecular complexity index is 1350. The number of fused-ring (bicyclic) bond motifs is 1. The van der Waals surface area contributed by atoms with E-state index in [1.807, 2.05) is 60.7 Å². The smallest absolute Gasteiger partial charge is 0.325 e. The molecule has 7 heteroatoms. The Kier molecular flexibility index (Phi) is 5.76. The van der Waals surface area contributed by atoms with Crippen LogP contribution in [0.15, 0.2) is 72.8 Å². The van der Waals surface area contributed by atoms with Crippen LogP contribution in [0.25, 0.3) is 16.3 Å². The van der Waals surface area contributed by atoms with E-state index < -0.39 is 17.5 Å². The van der Waals surface area contributed by atoms with Crippen LogP contribution in [0.1, 0.15) is 24.5 Å². The molecule has 0 bridgehead atoms. The number of imide groups is 1. The lowest BCUT2D eigenvalue weighted by molar-refractivity contribution is -0.138. The molecule has 2 heterocycles. The lowest BCUT2D eigenvalue weighted by atomic mass is 9.90. The number of amides is 4. The van der Waals surface area contributed by atoms with E-state index >= 15 is 0 Å². The third-order valence-corrected chi connectivity index (χ3v) is 6.90. The lowest BCUT2D eigenvalue weighted by Gasteiger charge is -2.28. The molecule has 1 saturated heterocycles. The molecule has 1 atom stereocenters. The number of rotatable bonds is 5. The van der Waals surface area contributed by atoms with Gasteiger partial charge in [0.05, 0.1) is 7.11 Å². The maximum Gasteiger partial charge on any atom is 0.325 e. The molecule has 3 aromatic rings. The van der Waals surface area contributed by atoms with Crippen molar-refractivity contribution < 1.29 is 19.1 Å². The van der Waals surface area contributed by atoms with Crippen molar-refractivity contribution in [1.29, 1.82) is 0 Å². The quantitative estimate of drug-likeness (QED) is 0.575. The Balaban J connectivity index is 1.30. The molecular formula is C28H27N3O4. The highest BCUT2D eigenvalue weighted by molar-refractivity contribution is 6.09.